The van der Waals surface area contributed by atoms with Gasteiger partial charge >= 0.3 is 6.09 Å². The van der Waals surface area contributed by atoms with E-state index in [1.807, 2.05) is 0 Å². The first-order chi connectivity index (χ1) is 12.2. The topological polar surface area (TPSA) is 29.5 Å². The Morgan fingerprint density at radius 2 is 1.88 bits per heavy atom. The molecule has 1 aliphatic rings. The second-order valence-corrected chi connectivity index (χ2v) is 8.23. The standard InChI is InChI=1S/C20H20BrF2NO2/c1-20(2,3)26-19(25)24-17(13-6-4-5-7-15(13)22)9-8-14-16(23)10-12(21)11-18(14)24/h4-7,10-11,17H,8-9H2,1-3H3. The van der Waals surface area contributed by atoms with Crippen LogP contribution in [0.15, 0.2) is 40.9 Å². The Hall–Kier alpha value is -1.95. The van der Waals surface area contributed by atoms with Gasteiger partial charge in [-0.1, -0.05) is 34.1 Å². The number of rotatable bonds is 1. The van der Waals surface area contributed by atoms with Crippen molar-refractivity contribution in [2.24, 2.45) is 0 Å². The zero-order chi connectivity index (χ0) is 19.1. The molecule has 6 heteroatoms. The third-order valence-electron chi connectivity index (χ3n) is 4.23. The molecule has 138 valence electrons. The summed E-state index contributed by atoms with van der Waals surface area (Å²) in [6.45, 7) is 5.28. The average Bonchev–Trinajstić information content (AvgIpc) is 2.52. The molecule has 2 aromatic carbocycles. The summed E-state index contributed by atoms with van der Waals surface area (Å²) in [5.41, 5.74) is 0.514. The number of carbonyl (C=O) groups excluding carboxylic acids is 1. The predicted octanol–water partition coefficient (Wildman–Crippen LogP) is 6.16. The smallest absolute Gasteiger partial charge is 0.415 e. The van der Waals surface area contributed by atoms with E-state index in [2.05, 4.69) is 15.9 Å². The Labute approximate surface area is 160 Å². The zero-order valence-electron chi connectivity index (χ0n) is 14.9. The summed E-state index contributed by atoms with van der Waals surface area (Å²) >= 11 is 3.28. The molecule has 1 amide bonds. The van der Waals surface area contributed by atoms with Crippen molar-refractivity contribution in [3.63, 3.8) is 0 Å². The maximum atomic E-state index is 14.4. The van der Waals surface area contributed by atoms with Crippen molar-refractivity contribution in [3.05, 3.63) is 63.6 Å². The molecule has 0 spiro atoms. The van der Waals surface area contributed by atoms with Crippen molar-refractivity contribution in [2.75, 3.05) is 4.90 Å². The highest BCUT2D eigenvalue weighted by Crippen LogP contribution is 2.42. The van der Waals surface area contributed by atoms with Gasteiger partial charge in [-0.15, -0.1) is 0 Å². The van der Waals surface area contributed by atoms with Crippen LogP contribution in [0, 0.1) is 11.6 Å². The van der Waals surface area contributed by atoms with Crippen LogP contribution in [0.2, 0.25) is 0 Å². The van der Waals surface area contributed by atoms with Gasteiger partial charge in [-0.2, -0.15) is 0 Å². The molecule has 1 aliphatic heterocycles. The first-order valence-corrected chi connectivity index (χ1v) is 9.21. The van der Waals surface area contributed by atoms with Gasteiger partial charge in [-0.25, -0.2) is 13.6 Å². The van der Waals surface area contributed by atoms with Crippen molar-refractivity contribution in [2.45, 2.75) is 45.3 Å². The van der Waals surface area contributed by atoms with Gasteiger partial charge < -0.3 is 4.74 Å². The summed E-state index contributed by atoms with van der Waals surface area (Å²) < 4.78 is 34.9. The second kappa shape index (κ2) is 6.99. The van der Waals surface area contributed by atoms with Gasteiger partial charge in [0.15, 0.2) is 0 Å². The molecule has 26 heavy (non-hydrogen) atoms. The number of hydrogen-bond donors (Lipinski definition) is 0. The van der Waals surface area contributed by atoms with Gasteiger partial charge in [0, 0.05) is 15.6 Å². The summed E-state index contributed by atoms with van der Waals surface area (Å²) in [5, 5.41) is 0. The third-order valence-corrected chi connectivity index (χ3v) is 4.69. The minimum Gasteiger partial charge on any atom is -0.443 e. The van der Waals surface area contributed by atoms with E-state index in [9.17, 15) is 13.6 Å². The maximum Gasteiger partial charge on any atom is 0.415 e. The van der Waals surface area contributed by atoms with Crippen LogP contribution in [0.5, 0.6) is 0 Å². The van der Waals surface area contributed by atoms with E-state index in [0.717, 1.165) is 0 Å². The normalized spacial score (nSPS) is 17.0. The first-order valence-electron chi connectivity index (χ1n) is 8.42. The highest BCUT2D eigenvalue weighted by Gasteiger charge is 2.37. The van der Waals surface area contributed by atoms with E-state index < -0.39 is 29.4 Å². The van der Waals surface area contributed by atoms with E-state index in [-0.39, 0.29) is 0 Å². The second-order valence-electron chi connectivity index (χ2n) is 7.31. The number of carbonyl (C=O) groups is 1. The Bertz CT molecular complexity index is 848. The lowest BCUT2D eigenvalue weighted by atomic mass is 9.91. The highest BCUT2D eigenvalue weighted by molar-refractivity contribution is 9.10. The van der Waals surface area contributed by atoms with Crippen molar-refractivity contribution >= 4 is 27.7 Å². The van der Waals surface area contributed by atoms with Gasteiger partial charge in [-0.3, -0.25) is 4.90 Å². The van der Waals surface area contributed by atoms with E-state index in [1.54, 1.807) is 45.0 Å². The fourth-order valence-electron chi connectivity index (χ4n) is 3.21. The molecular weight excluding hydrogens is 404 g/mol. The Morgan fingerprint density at radius 3 is 2.54 bits per heavy atom. The Kier molecular flexibility index (Phi) is 5.06. The summed E-state index contributed by atoms with van der Waals surface area (Å²) in [6.07, 6.45) is 0.197. The molecule has 0 bridgehead atoms. The van der Waals surface area contributed by atoms with Crippen molar-refractivity contribution in [1.82, 2.24) is 0 Å². The van der Waals surface area contributed by atoms with E-state index >= 15 is 0 Å². The third kappa shape index (κ3) is 3.75. The first kappa shape index (κ1) is 18.8. The van der Waals surface area contributed by atoms with Crippen LogP contribution < -0.4 is 4.90 Å². The van der Waals surface area contributed by atoms with Gasteiger partial charge in [0.05, 0.1) is 11.7 Å². The number of anilines is 1. The van der Waals surface area contributed by atoms with Crippen molar-refractivity contribution in [1.29, 1.82) is 0 Å². The molecule has 0 aliphatic carbocycles. The lowest BCUT2D eigenvalue weighted by molar-refractivity contribution is 0.0559. The van der Waals surface area contributed by atoms with E-state index in [4.69, 9.17) is 4.74 Å². The number of halogens is 3. The van der Waals surface area contributed by atoms with Gasteiger partial charge in [-0.05, 0) is 51.8 Å². The van der Waals surface area contributed by atoms with Crippen molar-refractivity contribution < 1.29 is 18.3 Å². The fraction of sp³-hybridized carbons (Fsp3) is 0.350. The maximum absolute atomic E-state index is 14.4. The molecule has 0 N–H and O–H groups in total. The van der Waals surface area contributed by atoms with Crippen LogP contribution in [0.3, 0.4) is 0 Å². The molecule has 0 radical (unpaired) electrons. The molecule has 1 heterocycles. The van der Waals surface area contributed by atoms with Gasteiger partial charge in [0.25, 0.3) is 0 Å². The highest BCUT2D eigenvalue weighted by atomic mass is 79.9. The molecule has 3 rings (SSSR count). The molecule has 0 saturated heterocycles. The predicted molar refractivity (Wildman–Crippen MR) is 100 cm³/mol. The monoisotopic (exact) mass is 423 g/mol. The summed E-state index contributed by atoms with van der Waals surface area (Å²) in [4.78, 5) is 14.3. The van der Waals surface area contributed by atoms with Crippen LogP contribution in [-0.2, 0) is 11.2 Å². The van der Waals surface area contributed by atoms with E-state index in [1.165, 1.54) is 17.0 Å². The summed E-state index contributed by atoms with van der Waals surface area (Å²) in [5.74, 6) is -0.792. The quantitative estimate of drug-likeness (QED) is 0.549. The van der Waals surface area contributed by atoms with Crippen LogP contribution in [0.25, 0.3) is 0 Å². The number of benzene rings is 2. The van der Waals surface area contributed by atoms with Crippen LogP contribution >= 0.6 is 15.9 Å². The zero-order valence-corrected chi connectivity index (χ0v) is 16.4. The molecule has 1 atom stereocenters. The number of fused-ring (bicyclic) bond motifs is 1. The number of hydrogen-bond acceptors (Lipinski definition) is 2. The number of nitrogens with zero attached hydrogens (tertiary/aromatic N) is 1. The molecule has 3 nitrogen and oxygen atoms in total. The largest absolute Gasteiger partial charge is 0.443 e. The molecular formula is C20H20BrF2NO2. The lowest BCUT2D eigenvalue weighted by Gasteiger charge is -2.38. The molecule has 0 fully saturated rings. The molecule has 0 aromatic heterocycles. The van der Waals surface area contributed by atoms with Gasteiger partial charge in [0.2, 0.25) is 0 Å². The SMILES string of the molecule is CC(C)(C)OC(=O)N1c2cc(Br)cc(F)c2CCC1c1ccccc1F. The molecule has 1 unspecified atom stereocenters. The summed E-state index contributed by atoms with van der Waals surface area (Å²) in [6, 6.07) is 8.82. The Balaban J connectivity index is 2.13. The lowest BCUT2D eigenvalue weighted by Crippen LogP contribution is -2.42. The Morgan fingerprint density at radius 1 is 1.19 bits per heavy atom. The molecule has 2 aromatic rings. The van der Waals surface area contributed by atoms with Crippen LogP contribution in [0.1, 0.15) is 44.4 Å². The minimum absolute atomic E-state index is 0.393. The average molecular weight is 424 g/mol. The molecule has 0 saturated carbocycles. The number of amides is 1. The minimum atomic E-state index is -0.723. The fourth-order valence-corrected chi connectivity index (χ4v) is 3.62. The van der Waals surface area contributed by atoms with Crippen LogP contribution in [0.4, 0.5) is 19.3 Å². The van der Waals surface area contributed by atoms with Crippen molar-refractivity contribution in [3.8, 4) is 0 Å². The van der Waals surface area contributed by atoms with E-state index in [0.29, 0.717) is 34.1 Å². The number of ether oxygens (including phenoxy) is 1. The summed E-state index contributed by atoms with van der Waals surface area (Å²) in [7, 11) is 0. The van der Waals surface area contributed by atoms with Gasteiger partial charge in [0.1, 0.15) is 17.2 Å². The van der Waals surface area contributed by atoms with Crippen LogP contribution in [-0.4, -0.2) is 11.7 Å².